The van der Waals surface area contributed by atoms with Crippen LogP contribution in [0, 0.1) is 0 Å². The predicted octanol–water partition coefficient (Wildman–Crippen LogP) is 0.247. The van der Waals surface area contributed by atoms with Crippen molar-refractivity contribution < 1.29 is 17.9 Å². The lowest BCUT2D eigenvalue weighted by Gasteiger charge is -2.44. The number of aromatic nitrogens is 2. The Hall–Kier alpha value is -1.49. The number of likely N-dealkylation sites (N-methyl/N-ethyl adjacent to an activating group) is 1. The summed E-state index contributed by atoms with van der Waals surface area (Å²) in [6, 6.07) is 2.34. The Labute approximate surface area is 173 Å². The first-order chi connectivity index (χ1) is 13.8. The van der Waals surface area contributed by atoms with E-state index in [2.05, 4.69) is 10.00 Å². The van der Waals surface area contributed by atoms with E-state index in [-0.39, 0.29) is 18.5 Å². The number of hydrogen-bond acceptors (Lipinski definition) is 6. The fourth-order valence-electron chi connectivity index (χ4n) is 4.22. The van der Waals surface area contributed by atoms with E-state index in [9.17, 15) is 13.2 Å². The molecule has 2 aliphatic rings. The second kappa shape index (κ2) is 10.0. The van der Waals surface area contributed by atoms with Gasteiger partial charge in [-0.05, 0) is 31.7 Å². The molecule has 1 atom stereocenters. The summed E-state index contributed by atoms with van der Waals surface area (Å²) in [5.41, 5.74) is 0. The number of amides is 1. The lowest BCUT2D eigenvalue weighted by Crippen LogP contribution is -2.55. The number of nitrogens with zero attached hydrogens (tertiary/aromatic N) is 5. The SMILES string of the molecule is CN(CCN(C1CCOCC1)C1CCCN(S(C)(=O)=O)C1)C(=O)Cn1cccn1. The predicted molar refractivity (Wildman–Crippen MR) is 110 cm³/mol. The maximum absolute atomic E-state index is 12.5. The van der Waals surface area contributed by atoms with Crippen LogP contribution in [-0.2, 0) is 26.1 Å². The molecule has 1 aromatic heterocycles. The van der Waals surface area contributed by atoms with Gasteiger partial charge in [0.15, 0.2) is 0 Å². The summed E-state index contributed by atoms with van der Waals surface area (Å²) in [5.74, 6) is 0.0158. The Morgan fingerprint density at radius 3 is 2.62 bits per heavy atom. The van der Waals surface area contributed by atoms with E-state index in [1.807, 2.05) is 7.05 Å². The largest absolute Gasteiger partial charge is 0.381 e. The van der Waals surface area contributed by atoms with Crippen LogP contribution in [0.3, 0.4) is 0 Å². The monoisotopic (exact) mass is 427 g/mol. The van der Waals surface area contributed by atoms with Crippen LogP contribution in [0.2, 0.25) is 0 Å². The lowest BCUT2D eigenvalue weighted by atomic mass is 9.99. The molecule has 164 valence electrons. The van der Waals surface area contributed by atoms with E-state index in [0.717, 1.165) is 45.4 Å². The molecule has 1 aromatic rings. The zero-order valence-corrected chi connectivity index (χ0v) is 18.3. The molecule has 1 amide bonds. The number of carbonyl (C=O) groups excluding carboxylic acids is 1. The van der Waals surface area contributed by atoms with E-state index in [1.165, 1.54) is 6.26 Å². The van der Waals surface area contributed by atoms with E-state index >= 15 is 0 Å². The van der Waals surface area contributed by atoms with Gasteiger partial charge in [0.25, 0.3) is 0 Å². The van der Waals surface area contributed by atoms with Crippen LogP contribution in [0.15, 0.2) is 18.5 Å². The Kier molecular flexibility index (Phi) is 7.66. The van der Waals surface area contributed by atoms with Crippen LogP contribution in [0.4, 0.5) is 0 Å². The molecule has 0 aromatic carbocycles. The summed E-state index contributed by atoms with van der Waals surface area (Å²) in [4.78, 5) is 16.7. The van der Waals surface area contributed by atoms with Crippen LogP contribution in [0.5, 0.6) is 0 Å². The third kappa shape index (κ3) is 6.24. The van der Waals surface area contributed by atoms with Gasteiger partial charge in [0.05, 0.1) is 6.26 Å². The molecular weight excluding hydrogens is 394 g/mol. The molecule has 0 bridgehead atoms. The molecule has 0 aliphatic carbocycles. The average Bonchev–Trinajstić information content (AvgIpc) is 3.21. The van der Waals surface area contributed by atoms with Crippen molar-refractivity contribution in [3.8, 4) is 0 Å². The summed E-state index contributed by atoms with van der Waals surface area (Å²) >= 11 is 0. The van der Waals surface area contributed by atoms with Crippen molar-refractivity contribution in [1.29, 1.82) is 0 Å². The number of piperidine rings is 1. The van der Waals surface area contributed by atoms with Gasteiger partial charge in [0.1, 0.15) is 6.54 Å². The molecule has 0 radical (unpaired) electrons. The summed E-state index contributed by atoms with van der Waals surface area (Å²) in [5, 5.41) is 4.09. The third-order valence-corrected chi connectivity index (χ3v) is 7.20. The summed E-state index contributed by atoms with van der Waals surface area (Å²) in [7, 11) is -1.37. The van der Waals surface area contributed by atoms with Crippen LogP contribution < -0.4 is 0 Å². The molecule has 9 nitrogen and oxygen atoms in total. The quantitative estimate of drug-likeness (QED) is 0.591. The van der Waals surface area contributed by atoms with E-state index < -0.39 is 10.0 Å². The standard InChI is InChI=1S/C19H33N5O4S/c1-21(19(25)16-22-9-4-8-20-22)11-12-24(17-6-13-28-14-7-17)18-5-3-10-23(15-18)29(2,26)27/h4,8-9,17-18H,3,5-7,10-16H2,1-2H3. The van der Waals surface area contributed by atoms with Crippen LogP contribution in [-0.4, -0.2) is 103 Å². The van der Waals surface area contributed by atoms with Gasteiger partial charge in [-0.3, -0.25) is 14.4 Å². The van der Waals surface area contributed by atoms with E-state index in [4.69, 9.17) is 4.74 Å². The second-order valence-electron chi connectivity index (χ2n) is 8.02. The van der Waals surface area contributed by atoms with Crippen LogP contribution in [0.25, 0.3) is 0 Å². The lowest BCUT2D eigenvalue weighted by molar-refractivity contribution is -0.131. The molecule has 10 heteroatoms. The Bertz CT molecular complexity index is 749. The maximum Gasteiger partial charge on any atom is 0.244 e. The van der Waals surface area contributed by atoms with E-state index in [1.54, 1.807) is 32.3 Å². The molecular formula is C19H33N5O4S. The first kappa shape index (κ1) is 22.2. The van der Waals surface area contributed by atoms with Crippen molar-refractivity contribution in [3.05, 3.63) is 18.5 Å². The third-order valence-electron chi connectivity index (χ3n) is 5.93. The van der Waals surface area contributed by atoms with Crippen molar-refractivity contribution in [2.45, 2.75) is 44.3 Å². The van der Waals surface area contributed by atoms with Crippen molar-refractivity contribution in [2.24, 2.45) is 0 Å². The molecule has 2 aliphatic heterocycles. The fraction of sp³-hybridized carbons (Fsp3) is 0.789. The summed E-state index contributed by atoms with van der Waals surface area (Å²) in [6.07, 6.45) is 8.47. The van der Waals surface area contributed by atoms with Crippen LogP contribution in [0.1, 0.15) is 25.7 Å². The number of rotatable bonds is 8. The number of ether oxygens (including phenoxy) is 1. The minimum absolute atomic E-state index is 0.0158. The van der Waals surface area contributed by atoms with Gasteiger partial charge in [-0.1, -0.05) is 0 Å². The molecule has 1 unspecified atom stereocenters. The van der Waals surface area contributed by atoms with Gasteiger partial charge in [-0.2, -0.15) is 5.10 Å². The highest BCUT2D eigenvalue weighted by molar-refractivity contribution is 7.88. The highest BCUT2D eigenvalue weighted by Crippen LogP contribution is 2.24. The highest BCUT2D eigenvalue weighted by atomic mass is 32.2. The normalized spacial score (nSPS) is 22.1. The molecule has 29 heavy (non-hydrogen) atoms. The zero-order valence-electron chi connectivity index (χ0n) is 17.4. The topological polar surface area (TPSA) is 88.0 Å². The maximum atomic E-state index is 12.5. The van der Waals surface area contributed by atoms with E-state index in [0.29, 0.717) is 25.7 Å². The molecule has 0 saturated carbocycles. The molecule has 0 N–H and O–H groups in total. The first-order valence-electron chi connectivity index (χ1n) is 10.3. The smallest absolute Gasteiger partial charge is 0.244 e. The highest BCUT2D eigenvalue weighted by Gasteiger charge is 2.33. The van der Waals surface area contributed by atoms with Gasteiger partial charge < -0.3 is 9.64 Å². The van der Waals surface area contributed by atoms with Crippen LogP contribution >= 0.6 is 0 Å². The Balaban J connectivity index is 1.63. The molecule has 2 saturated heterocycles. The van der Waals surface area contributed by atoms with Gasteiger partial charge in [-0.25, -0.2) is 12.7 Å². The summed E-state index contributed by atoms with van der Waals surface area (Å²) < 4.78 is 32.9. The van der Waals surface area contributed by atoms with Gasteiger partial charge >= 0.3 is 0 Å². The van der Waals surface area contributed by atoms with Crippen molar-refractivity contribution in [2.75, 3.05) is 52.7 Å². The average molecular weight is 428 g/mol. The molecule has 3 heterocycles. The van der Waals surface area contributed by atoms with Gasteiger partial charge in [0, 0.05) is 70.9 Å². The van der Waals surface area contributed by atoms with Gasteiger partial charge in [-0.15, -0.1) is 0 Å². The Morgan fingerprint density at radius 2 is 1.97 bits per heavy atom. The van der Waals surface area contributed by atoms with Gasteiger partial charge in [0.2, 0.25) is 15.9 Å². The number of carbonyl (C=O) groups is 1. The first-order valence-corrected chi connectivity index (χ1v) is 12.2. The molecule has 0 spiro atoms. The minimum Gasteiger partial charge on any atom is -0.381 e. The van der Waals surface area contributed by atoms with Crippen molar-refractivity contribution in [1.82, 2.24) is 23.9 Å². The summed E-state index contributed by atoms with van der Waals surface area (Å²) in [6.45, 7) is 4.16. The van der Waals surface area contributed by atoms with Crippen molar-refractivity contribution in [3.63, 3.8) is 0 Å². The molecule has 2 fully saturated rings. The number of hydrogen-bond donors (Lipinski definition) is 0. The zero-order chi connectivity index (χ0) is 20.9. The Morgan fingerprint density at radius 1 is 1.21 bits per heavy atom. The number of sulfonamides is 1. The fourth-order valence-corrected chi connectivity index (χ4v) is 5.12. The minimum atomic E-state index is -3.19. The second-order valence-corrected chi connectivity index (χ2v) is 10.00. The molecule has 3 rings (SSSR count). The van der Waals surface area contributed by atoms with Crippen molar-refractivity contribution >= 4 is 15.9 Å².